The summed E-state index contributed by atoms with van der Waals surface area (Å²) in [5, 5.41) is 2.90. The van der Waals surface area contributed by atoms with Gasteiger partial charge in [0.25, 0.3) is 0 Å². The van der Waals surface area contributed by atoms with Crippen LogP contribution >= 0.6 is 0 Å². The minimum atomic E-state index is 0.0162. The summed E-state index contributed by atoms with van der Waals surface area (Å²) in [7, 11) is 3.54. The zero-order chi connectivity index (χ0) is 13.2. The van der Waals surface area contributed by atoms with Gasteiger partial charge in [0, 0.05) is 20.6 Å². The van der Waals surface area contributed by atoms with E-state index in [4.69, 9.17) is 0 Å². The molecule has 18 heavy (non-hydrogen) atoms. The lowest BCUT2D eigenvalue weighted by molar-refractivity contribution is 0.217. The molecule has 0 unspecified atom stereocenters. The topological polar surface area (TPSA) is 35.6 Å². The van der Waals surface area contributed by atoms with Crippen molar-refractivity contribution in [2.75, 3.05) is 40.3 Å². The molecule has 0 aromatic rings. The van der Waals surface area contributed by atoms with E-state index < -0.39 is 0 Å². The number of likely N-dealkylation sites (tertiary alicyclic amines) is 1. The smallest absolute Gasteiger partial charge is 0.316 e. The minimum Gasteiger partial charge on any atom is -0.338 e. The van der Waals surface area contributed by atoms with Gasteiger partial charge in [-0.2, -0.15) is 0 Å². The summed E-state index contributed by atoms with van der Waals surface area (Å²) in [6.45, 7) is 4.62. The van der Waals surface area contributed by atoms with Crippen LogP contribution in [0.25, 0.3) is 0 Å². The van der Waals surface area contributed by atoms with Crippen molar-refractivity contribution >= 4 is 6.03 Å². The number of unbranched alkanes of at least 4 members (excludes halogenated alkanes) is 2. The molecular formula is C14H29N3O. The molecule has 106 valence electrons. The van der Waals surface area contributed by atoms with Crippen LogP contribution in [-0.2, 0) is 0 Å². The number of carbonyl (C=O) groups is 1. The fourth-order valence-electron chi connectivity index (χ4n) is 2.35. The molecule has 1 aliphatic rings. The van der Waals surface area contributed by atoms with Crippen LogP contribution in [0.5, 0.6) is 0 Å². The maximum absolute atomic E-state index is 11.3. The summed E-state index contributed by atoms with van der Waals surface area (Å²) in [4.78, 5) is 15.5. The number of hydrogen-bond acceptors (Lipinski definition) is 2. The van der Waals surface area contributed by atoms with Crippen LogP contribution in [0, 0.1) is 0 Å². The van der Waals surface area contributed by atoms with Gasteiger partial charge in [-0.1, -0.05) is 19.3 Å². The zero-order valence-electron chi connectivity index (χ0n) is 12.1. The van der Waals surface area contributed by atoms with E-state index in [9.17, 15) is 4.79 Å². The first-order valence-electron chi connectivity index (χ1n) is 7.37. The number of carbonyl (C=O) groups excluding carboxylic acids is 1. The van der Waals surface area contributed by atoms with Crippen molar-refractivity contribution in [3.8, 4) is 0 Å². The predicted molar refractivity (Wildman–Crippen MR) is 75.8 cm³/mol. The van der Waals surface area contributed by atoms with Gasteiger partial charge in [0.05, 0.1) is 0 Å². The van der Waals surface area contributed by atoms with Gasteiger partial charge in [-0.3, -0.25) is 0 Å². The van der Waals surface area contributed by atoms with Crippen molar-refractivity contribution in [3.63, 3.8) is 0 Å². The summed E-state index contributed by atoms with van der Waals surface area (Å²) < 4.78 is 0. The number of hydrogen-bond donors (Lipinski definition) is 1. The van der Waals surface area contributed by atoms with E-state index in [2.05, 4.69) is 10.2 Å². The third kappa shape index (κ3) is 6.84. The van der Waals surface area contributed by atoms with E-state index in [0.717, 1.165) is 13.0 Å². The predicted octanol–water partition coefficient (Wildman–Crippen LogP) is 2.30. The van der Waals surface area contributed by atoms with Crippen LogP contribution in [0.3, 0.4) is 0 Å². The Kier molecular flexibility index (Phi) is 7.81. The fourth-order valence-corrected chi connectivity index (χ4v) is 2.35. The second-order valence-corrected chi connectivity index (χ2v) is 5.44. The summed E-state index contributed by atoms with van der Waals surface area (Å²) in [6, 6.07) is 0.0162. The Hall–Kier alpha value is -0.770. The van der Waals surface area contributed by atoms with Crippen LogP contribution in [0.4, 0.5) is 4.79 Å². The van der Waals surface area contributed by atoms with E-state index in [1.165, 1.54) is 58.2 Å². The van der Waals surface area contributed by atoms with Gasteiger partial charge in [-0.05, 0) is 45.3 Å². The molecule has 0 atom stereocenters. The number of rotatable bonds is 6. The Balaban J connectivity index is 1.93. The van der Waals surface area contributed by atoms with Crippen molar-refractivity contribution in [3.05, 3.63) is 0 Å². The van der Waals surface area contributed by atoms with Crippen LogP contribution in [0.1, 0.15) is 44.9 Å². The van der Waals surface area contributed by atoms with Crippen molar-refractivity contribution < 1.29 is 4.79 Å². The lowest BCUT2D eigenvalue weighted by Gasteiger charge is -2.19. The van der Waals surface area contributed by atoms with E-state index in [0.29, 0.717) is 0 Å². The summed E-state index contributed by atoms with van der Waals surface area (Å²) in [6.07, 6.45) is 9.13. The van der Waals surface area contributed by atoms with Gasteiger partial charge < -0.3 is 15.1 Å². The molecular weight excluding hydrogens is 226 g/mol. The third-order valence-electron chi connectivity index (χ3n) is 3.53. The van der Waals surface area contributed by atoms with E-state index in [1.54, 1.807) is 19.0 Å². The molecule has 0 radical (unpaired) electrons. The van der Waals surface area contributed by atoms with Gasteiger partial charge in [0.2, 0.25) is 0 Å². The molecule has 0 aromatic heterocycles. The monoisotopic (exact) mass is 255 g/mol. The average molecular weight is 255 g/mol. The Labute approximate surface area is 112 Å². The summed E-state index contributed by atoms with van der Waals surface area (Å²) in [5.41, 5.74) is 0. The lowest BCUT2D eigenvalue weighted by atomic mass is 10.2. The molecule has 4 heteroatoms. The van der Waals surface area contributed by atoms with Crippen LogP contribution in [-0.4, -0.2) is 56.1 Å². The molecule has 1 fully saturated rings. The average Bonchev–Trinajstić information content (AvgIpc) is 2.61. The van der Waals surface area contributed by atoms with Crippen molar-refractivity contribution in [2.24, 2.45) is 0 Å². The molecule has 0 aromatic carbocycles. The molecule has 0 spiro atoms. The second kappa shape index (κ2) is 9.20. The van der Waals surface area contributed by atoms with Gasteiger partial charge in [0.15, 0.2) is 0 Å². The highest BCUT2D eigenvalue weighted by atomic mass is 16.2. The standard InChI is InChI=1S/C14H29N3O/c1-16(2)14(18)15-10-6-5-9-13-17-11-7-3-4-8-12-17/h3-13H2,1-2H3,(H,15,18). The van der Waals surface area contributed by atoms with Crippen molar-refractivity contribution in [1.82, 2.24) is 15.1 Å². The third-order valence-corrected chi connectivity index (χ3v) is 3.53. The second-order valence-electron chi connectivity index (χ2n) is 5.44. The number of nitrogens with one attached hydrogen (secondary N) is 1. The zero-order valence-corrected chi connectivity index (χ0v) is 12.1. The van der Waals surface area contributed by atoms with Gasteiger partial charge in [-0.15, -0.1) is 0 Å². The van der Waals surface area contributed by atoms with Gasteiger partial charge in [0.1, 0.15) is 0 Å². The Bertz CT molecular complexity index is 223. The number of amides is 2. The van der Waals surface area contributed by atoms with E-state index in [-0.39, 0.29) is 6.03 Å². The first-order valence-corrected chi connectivity index (χ1v) is 7.37. The summed E-state index contributed by atoms with van der Waals surface area (Å²) in [5.74, 6) is 0. The Morgan fingerprint density at radius 1 is 1.06 bits per heavy atom. The number of nitrogens with zero attached hydrogens (tertiary/aromatic N) is 2. The Morgan fingerprint density at radius 3 is 2.33 bits per heavy atom. The van der Waals surface area contributed by atoms with Crippen LogP contribution in [0.2, 0.25) is 0 Å². The first kappa shape index (κ1) is 15.3. The highest BCUT2D eigenvalue weighted by Crippen LogP contribution is 2.10. The molecule has 1 N–H and O–H groups in total. The van der Waals surface area contributed by atoms with E-state index in [1.807, 2.05) is 0 Å². The quantitative estimate of drug-likeness (QED) is 0.739. The highest BCUT2D eigenvalue weighted by molar-refractivity contribution is 5.73. The van der Waals surface area contributed by atoms with Crippen LogP contribution in [0.15, 0.2) is 0 Å². The molecule has 2 amide bonds. The van der Waals surface area contributed by atoms with Gasteiger partial charge in [-0.25, -0.2) is 4.79 Å². The van der Waals surface area contributed by atoms with E-state index >= 15 is 0 Å². The highest BCUT2D eigenvalue weighted by Gasteiger charge is 2.08. The molecule has 0 bridgehead atoms. The molecule has 0 saturated carbocycles. The maximum atomic E-state index is 11.3. The number of urea groups is 1. The van der Waals surface area contributed by atoms with Crippen molar-refractivity contribution in [1.29, 1.82) is 0 Å². The molecule has 1 aliphatic heterocycles. The fraction of sp³-hybridized carbons (Fsp3) is 0.929. The maximum Gasteiger partial charge on any atom is 0.316 e. The minimum absolute atomic E-state index is 0.0162. The lowest BCUT2D eigenvalue weighted by Crippen LogP contribution is -2.35. The normalized spacial score (nSPS) is 17.2. The molecule has 1 heterocycles. The summed E-state index contributed by atoms with van der Waals surface area (Å²) >= 11 is 0. The molecule has 4 nitrogen and oxygen atoms in total. The van der Waals surface area contributed by atoms with Gasteiger partial charge >= 0.3 is 6.03 Å². The molecule has 1 saturated heterocycles. The largest absolute Gasteiger partial charge is 0.338 e. The first-order chi connectivity index (χ1) is 8.70. The van der Waals surface area contributed by atoms with Crippen molar-refractivity contribution in [2.45, 2.75) is 44.9 Å². The SMILES string of the molecule is CN(C)C(=O)NCCCCCN1CCCCCC1. The Morgan fingerprint density at radius 2 is 1.72 bits per heavy atom. The molecule has 1 rings (SSSR count). The van der Waals surface area contributed by atoms with Crippen LogP contribution < -0.4 is 5.32 Å². The molecule has 0 aliphatic carbocycles.